The molecule has 134 valence electrons. The largest absolute Gasteiger partial charge is 0.457 e. The van der Waals surface area contributed by atoms with Crippen molar-refractivity contribution in [2.24, 2.45) is 5.73 Å². The Bertz CT molecular complexity index is 901. The summed E-state index contributed by atoms with van der Waals surface area (Å²) in [6.45, 7) is 4.81. The van der Waals surface area contributed by atoms with Crippen LogP contribution in [0.25, 0.3) is 11.3 Å². The number of carbonyl (C=O) groups is 2. The fourth-order valence-electron chi connectivity index (χ4n) is 2.30. The fourth-order valence-corrected chi connectivity index (χ4v) is 3.24. The summed E-state index contributed by atoms with van der Waals surface area (Å²) in [7, 11) is 0. The Morgan fingerprint density at radius 3 is 2.50 bits per heavy atom. The summed E-state index contributed by atoms with van der Waals surface area (Å²) in [5.41, 5.74) is 8.18. The molecule has 0 amide bonds. The normalized spacial score (nSPS) is 11.5. The van der Waals surface area contributed by atoms with Crippen molar-refractivity contribution in [3.63, 3.8) is 0 Å². The van der Waals surface area contributed by atoms with Crippen molar-refractivity contribution in [1.82, 2.24) is 4.98 Å². The minimum Gasteiger partial charge on any atom is -0.457 e. The molecule has 0 radical (unpaired) electrons. The number of nitrogens with two attached hydrogens (primary N) is 1. The van der Waals surface area contributed by atoms with Crippen LogP contribution in [0.2, 0.25) is 0 Å². The summed E-state index contributed by atoms with van der Waals surface area (Å²) < 4.78 is 5.01. The molecular formula is C19H19N3O3S. The van der Waals surface area contributed by atoms with E-state index in [1.165, 1.54) is 18.3 Å². The van der Waals surface area contributed by atoms with Gasteiger partial charge in [-0.15, -0.1) is 11.3 Å². The molecule has 0 aliphatic carbocycles. The van der Waals surface area contributed by atoms with Crippen LogP contribution >= 0.6 is 11.3 Å². The molecule has 2 rings (SSSR count). The van der Waals surface area contributed by atoms with Gasteiger partial charge in [-0.05, 0) is 20.8 Å². The molecule has 2 aromatic rings. The van der Waals surface area contributed by atoms with Gasteiger partial charge >= 0.3 is 5.97 Å². The van der Waals surface area contributed by atoms with Crippen molar-refractivity contribution < 1.29 is 14.3 Å². The quantitative estimate of drug-likeness (QED) is 0.477. The third kappa shape index (κ3) is 4.77. The number of hydrogen-bond donors (Lipinski definition) is 1. The molecular weight excluding hydrogens is 350 g/mol. The van der Waals surface area contributed by atoms with Gasteiger partial charge in [0.1, 0.15) is 11.6 Å². The van der Waals surface area contributed by atoms with Crippen LogP contribution in [0.1, 0.15) is 22.4 Å². The highest BCUT2D eigenvalue weighted by atomic mass is 32.1. The molecule has 0 fully saturated rings. The van der Waals surface area contributed by atoms with E-state index in [4.69, 9.17) is 15.7 Å². The van der Waals surface area contributed by atoms with Crippen LogP contribution in [0.5, 0.6) is 0 Å². The van der Waals surface area contributed by atoms with Crippen LogP contribution in [0.3, 0.4) is 0 Å². The maximum atomic E-state index is 12.1. The van der Waals surface area contributed by atoms with E-state index in [0.29, 0.717) is 0 Å². The smallest absolute Gasteiger partial charge is 0.311 e. The van der Waals surface area contributed by atoms with Crippen LogP contribution in [0.15, 0.2) is 35.5 Å². The van der Waals surface area contributed by atoms with Gasteiger partial charge in [0.2, 0.25) is 5.78 Å². The highest BCUT2D eigenvalue weighted by Gasteiger charge is 2.18. The van der Waals surface area contributed by atoms with Gasteiger partial charge in [-0.2, -0.15) is 5.26 Å². The fraction of sp³-hybridized carbons (Fsp3) is 0.263. The van der Waals surface area contributed by atoms with Gasteiger partial charge in [-0.3, -0.25) is 9.59 Å². The van der Waals surface area contributed by atoms with Gasteiger partial charge < -0.3 is 10.5 Å². The van der Waals surface area contributed by atoms with Gasteiger partial charge in [0, 0.05) is 16.1 Å². The number of ether oxygens (including phenoxy) is 1. The number of Topliss-reactive ketones (excluding diaryl/α,β-unsaturated/α-hetero) is 1. The maximum Gasteiger partial charge on any atom is 0.311 e. The first-order valence-electron chi connectivity index (χ1n) is 7.90. The number of nitriles is 1. The van der Waals surface area contributed by atoms with Crippen molar-refractivity contribution in [1.29, 1.82) is 5.26 Å². The molecule has 0 bridgehead atoms. The number of rotatable bonds is 6. The molecule has 2 N–H and O–H groups in total. The first-order chi connectivity index (χ1) is 12.3. The Kier molecular flexibility index (Phi) is 6.26. The maximum absolute atomic E-state index is 12.1. The van der Waals surface area contributed by atoms with Crippen LogP contribution in [-0.2, 0) is 20.7 Å². The molecule has 0 atom stereocenters. The molecule has 1 aromatic heterocycles. The number of nitrogens with zero attached hydrogens (tertiary/aromatic N) is 2. The zero-order chi connectivity index (χ0) is 19.3. The zero-order valence-corrected chi connectivity index (χ0v) is 15.6. The first-order valence-corrected chi connectivity index (χ1v) is 8.72. The Morgan fingerprint density at radius 1 is 1.27 bits per heavy atom. The summed E-state index contributed by atoms with van der Waals surface area (Å²) in [6.07, 6.45) is 0.00913. The number of thiazole rings is 1. The molecule has 6 nitrogen and oxygen atoms in total. The predicted octanol–water partition coefficient (Wildman–Crippen LogP) is 2.84. The van der Waals surface area contributed by atoms with Crippen molar-refractivity contribution in [3.05, 3.63) is 51.0 Å². The van der Waals surface area contributed by atoms with E-state index in [1.807, 2.05) is 38.1 Å². The molecule has 0 saturated carbocycles. The molecule has 26 heavy (non-hydrogen) atoms. The molecule has 7 heteroatoms. The van der Waals surface area contributed by atoms with Crippen LogP contribution in [-0.4, -0.2) is 23.3 Å². The summed E-state index contributed by atoms with van der Waals surface area (Å²) in [4.78, 5) is 29.2. The average molecular weight is 369 g/mol. The van der Waals surface area contributed by atoms with E-state index in [2.05, 4.69) is 4.98 Å². The standard InChI is InChI=1S/C19H19N3O3S/c1-11-4-6-14(7-5-11)19-17(26-13(3)22-19)8-18(24)25-10-16(23)15(9-20)12(2)21/h4-7H,8,10,21H2,1-3H3/b15-12+. The van der Waals surface area contributed by atoms with E-state index in [0.717, 1.165) is 26.7 Å². The Hall–Kier alpha value is -2.98. The summed E-state index contributed by atoms with van der Waals surface area (Å²) >= 11 is 1.41. The van der Waals surface area contributed by atoms with Crippen LogP contribution in [0.4, 0.5) is 0 Å². The highest BCUT2D eigenvalue weighted by molar-refractivity contribution is 7.12. The topological polar surface area (TPSA) is 106 Å². The molecule has 0 unspecified atom stereocenters. The molecule has 1 heterocycles. The van der Waals surface area contributed by atoms with Crippen molar-refractivity contribution in [2.45, 2.75) is 27.2 Å². The second-order valence-corrected chi connectivity index (χ2v) is 7.09. The predicted molar refractivity (Wildman–Crippen MR) is 99.2 cm³/mol. The van der Waals surface area contributed by atoms with Crippen molar-refractivity contribution >= 4 is 23.1 Å². The SMILES string of the molecule is C/C(N)=C(/C#N)C(=O)COC(=O)Cc1sc(C)nc1-c1ccc(C)cc1. The zero-order valence-electron chi connectivity index (χ0n) is 14.8. The van der Waals surface area contributed by atoms with E-state index < -0.39 is 18.4 Å². The number of allylic oxidation sites excluding steroid dienone is 1. The lowest BCUT2D eigenvalue weighted by atomic mass is 10.1. The van der Waals surface area contributed by atoms with E-state index in [9.17, 15) is 9.59 Å². The summed E-state index contributed by atoms with van der Waals surface area (Å²) in [5.74, 6) is -1.16. The number of benzene rings is 1. The molecule has 0 aliphatic heterocycles. The lowest BCUT2D eigenvalue weighted by Gasteiger charge is -2.05. The number of hydrogen-bond acceptors (Lipinski definition) is 7. The van der Waals surface area contributed by atoms with E-state index in [1.54, 1.807) is 6.07 Å². The number of aryl methyl sites for hydroxylation is 2. The number of ketones is 1. The Labute approximate surface area is 155 Å². The lowest BCUT2D eigenvalue weighted by Crippen LogP contribution is -2.18. The average Bonchev–Trinajstić information content (AvgIpc) is 2.94. The monoisotopic (exact) mass is 369 g/mol. The molecule has 1 aromatic carbocycles. The highest BCUT2D eigenvalue weighted by Crippen LogP contribution is 2.29. The van der Waals surface area contributed by atoms with E-state index >= 15 is 0 Å². The van der Waals surface area contributed by atoms with Gasteiger partial charge in [-0.1, -0.05) is 29.8 Å². The summed E-state index contributed by atoms with van der Waals surface area (Å²) in [6, 6.07) is 9.59. The molecule has 0 saturated heterocycles. The number of esters is 1. The second kappa shape index (κ2) is 8.41. The van der Waals surface area contributed by atoms with Gasteiger partial charge in [0.15, 0.2) is 6.61 Å². The number of aromatic nitrogens is 1. The van der Waals surface area contributed by atoms with Crippen molar-refractivity contribution in [2.75, 3.05) is 6.61 Å². The van der Waals surface area contributed by atoms with Gasteiger partial charge in [0.05, 0.1) is 17.1 Å². The second-order valence-electron chi connectivity index (χ2n) is 5.80. The third-order valence-electron chi connectivity index (χ3n) is 3.58. The minimum absolute atomic E-state index is 0.00913. The van der Waals surface area contributed by atoms with Crippen LogP contribution < -0.4 is 5.73 Å². The lowest BCUT2D eigenvalue weighted by molar-refractivity contribution is -0.146. The van der Waals surface area contributed by atoms with Crippen LogP contribution in [0, 0.1) is 25.2 Å². The van der Waals surface area contributed by atoms with Gasteiger partial charge in [0.25, 0.3) is 0 Å². The Morgan fingerprint density at radius 2 is 1.92 bits per heavy atom. The Balaban J connectivity index is 2.09. The third-order valence-corrected chi connectivity index (χ3v) is 4.55. The van der Waals surface area contributed by atoms with E-state index in [-0.39, 0.29) is 17.7 Å². The first kappa shape index (κ1) is 19.3. The summed E-state index contributed by atoms with van der Waals surface area (Å²) in [5, 5.41) is 9.74. The van der Waals surface area contributed by atoms with Crippen molar-refractivity contribution in [3.8, 4) is 17.3 Å². The molecule has 0 aliphatic rings. The molecule has 0 spiro atoms. The number of carbonyl (C=O) groups excluding carboxylic acids is 2. The van der Waals surface area contributed by atoms with Gasteiger partial charge in [-0.25, -0.2) is 4.98 Å². The minimum atomic E-state index is -0.611.